The van der Waals surface area contributed by atoms with E-state index < -0.39 is 24.0 Å². The maximum absolute atomic E-state index is 14.5. The smallest absolute Gasteiger partial charge is 0.416 e. The molecular formula is C26H27F3N2O3. The van der Waals surface area contributed by atoms with Crippen LogP contribution in [0.1, 0.15) is 43.9 Å². The lowest BCUT2D eigenvalue weighted by Gasteiger charge is -2.40. The maximum Gasteiger partial charge on any atom is 0.416 e. The van der Waals surface area contributed by atoms with Crippen LogP contribution >= 0.6 is 0 Å². The number of nitriles is 1. The fourth-order valence-corrected chi connectivity index (χ4v) is 3.76. The zero-order valence-electron chi connectivity index (χ0n) is 19.5. The summed E-state index contributed by atoms with van der Waals surface area (Å²) in [6, 6.07) is 13.9. The summed E-state index contributed by atoms with van der Waals surface area (Å²) < 4.78 is 54.7. The lowest BCUT2D eigenvalue weighted by molar-refractivity contribution is -0.201. The Morgan fingerprint density at radius 2 is 1.65 bits per heavy atom. The lowest BCUT2D eigenvalue weighted by atomic mass is 9.76. The van der Waals surface area contributed by atoms with E-state index in [1.54, 1.807) is 30.3 Å². The van der Waals surface area contributed by atoms with E-state index in [0.29, 0.717) is 17.9 Å². The second-order valence-electron chi connectivity index (χ2n) is 9.20. The predicted molar refractivity (Wildman–Crippen MR) is 122 cm³/mol. The van der Waals surface area contributed by atoms with E-state index in [2.05, 4.69) is 5.32 Å². The van der Waals surface area contributed by atoms with Crippen LogP contribution in [0.5, 0.6) is 5.75 Å². The van der Waals surface area contributed by atoms with Gasteiger partial charge in [0.1, 0.15) is 24.0 Å². The summed E-state index contributed by atoms with van der Waals surface area (Å²) in [5, 5.41) is 11.6. The molecule has 2 aromatic rings. The Hall–Kier alpha value is -3.31. The van der Waals surface area contributed by atoms with Gasteiger partial charge in [-0.2, -0.15) is 18.4 Å². The van der Waals surface area contributed by atoms with E-state index >= 15 is 0 Å². The molecule has 0 bridgehead atoms. The summed E-state index contributed by atoms with van der Waals surface area (Å²) >= 11 is 0. The van der Waals surface area contributed by atoms with Crippen molar-refractivity contribution < 1.29 is 27.4 Å². The van der Waals surface area contributed by atoms with E-state index in [9.17, 15) is 23.2 Å². The number of hydrogen-bond acceptors (Lipinski definition) is 4. The SMILES string of the molecule is Cc1ccc(C2=C(C#N)C(=O)NC(c3ccc(OCCOC(C)(C)C)cc3)(C(F)(F)F)C2)cc1. The zero-order valence-corrected chi connectivity index (χ0v) is 19.5. The van der Waals surface area contributed by atoms with Crippen molar-refractivity contribution in [3.63, 3.8) is 0 Å². The largest absolute Gasteiger partial charge is 0.491 e. The summed E-state index contributed by atoms with van der Waals surface area (Å²) in [4.78, 5) is 12.7. The molecule has 0 aromatic heterocycles. The minimum Gasteiger partial charge on any atom is -0.491 e. The number of ether oxygens (including phenoxy) is 2. The van der Waals surface area contributed by atoms with E-state index in [1.807, 2.05) is 27.7 Å². The van der Waals surface area contributed by atoms with Crippen LogP contribution in [0.2, 0.25) is 0 Å². The highest BCUT2D eigenvalue weighted by atomic mass is 19.4. The molecule has 0 saturated carbocycles. The highest BCUT2D eigenvalue weighted by Crippen LogP contribution is 2.48. The standard InChI is InChI=1S/C26H27F3N2O3/c1-17-5-7-18(8-6-17)21-15-25(26(27,28)29,31-23(32)22(21)16-30)19-9-11-20(12-10-19)33-13-14-34-24(2,3)4/h5-12H,13-15H2,1-4H3,(H,31,32). The Balaban J connectivity index is 1.93. The third-order valence-electron chi connectivity index (χ3n) is 5.53. The van der Waals surface area contributed by atoms with Gasteiger partial charge in [-0.1, -0.05) is 42.0 Å². The number of alkyl halides is 3. The number of nitrogens with one attached hydrogen (secondary N) is 1. The number of nitrogens with zero attached hydrogens (tertiary/aromatic N) is 1. The Morgan fingerprint density at radius 3 is 2.18 bits per heavy atom. The zero-order chi connectivity index (χ0) is 25.1. The number of rotatable bonds is 6. The molecule has 0 saturated heterocycles. The first-order valence-electron chi connectivity index (χ1n) is 10.8. The third kappa shape index (κ3) is 5.42. The topological polar surface area (TPSA) is 71.4 Å². The van der Waals surface area contributed by atoms with Crippen LogP contribution in [0.25, 0.3) is 5.57 Å². The summed E-state index contributed by atoms with van der Waals surface area (Å²) in [5.41, 5.74) is -2.09. The van der Waals surface area contributed by atoms with Crippen molar-refractivity contribution in [1.29, 1.82) is 5.26 Å². The first-order chi connectivity index (χ1) is 15.9. The van der Waals surface area contributed by atoms with Gasteiger partial charge >= 0.3 is 6.18 Å². The number of benzene rings is 2. The number of hydrogen-bond donors (Lipinski definition) is 1. The van der Waals surface area contributed by atoms with Crippen molar-refractivity contribution in [2.24, 2.45) is 0 Å². The van der Waals surface area contributed by atoms with E-state index in [0.717, 1.165) is 5.56 Å². The van der Waals surface area contributed by atoms with Crippen LogP contribution in [-0.2, 0) is 15.1 Å². The molecule has 1 aliphatic heterocycles. The highest BCUT2D eigenvalue weighted by molar-refractivity contribution is 6.07. The average molecular weight is 473 g/mol. The van der Waals surface area contributed by atoms with Gasteiger partial charge in [-0.3, -0.25) is 4.79 Å². The van der Waals surface area contributed by atoms with Gasteiger partial charge in [-0.05, 0) is 56.5 Å². The maximum atomic E-state index is 14.5. The Labute approximate surface area is 197 Å². The van der Waals surface area contributed by atoms with Gasteiger partial charge in [-0.25, -0.2) is 0 Å². The first-order valence-corrected chi connectivity index (χ1v) is 10.8. The summed E-state index contributed by atoms with van der Waals surface area (Å²) in [7, 11) is 0. The summed E-state index contributed by atoms with van der Waals surface area (Å²) in [5.74, 6) is -0.672. The predicted octanol–water partition coefficient (Wildman–Crippen LogP) is 5.44. The number of halogens is 3. The summed E-state index contributed by atoms with van der Waals surface area (Å²) in [6.45, 7) is 8.14. The van der Waals surface area contributed by atoms with Gasteiger partial charge in [0.05, 0.1) is 12.2 Å². The number of carbonyl (C=O) groups is 1. The van der Waals surface area contributed by atoms with Gasteiger partial charge < -0.3 is 14.8 Å². The van der Waals surface area contributed by atoms with Crippen LogP contribution in [0, 0.1) is 18.3 Å². The first kappa shape index (κ1) is 25.3. The minimum absolute atomic E-state index is 0.0585. The van der Waals surface area contributed by atoms with Gasteiger partial charge in [0.2, 0.25) is 0 Å². The van der Waals surface area contributed by atoms with Crippen LogP contribution in [0.3, 0.4) is 0 Å². The highest BCUT2D eigenvalue weighted by Gasteiger charge is 2.59. The average Bonchev–Trinajstić information content (AvgIpc) is 2.75. The molecule has 1 aliphatic rings. The van der Waals surface area contributed by atoms with Crippen molar-refractivity contribution >= 4 is 11.5 Å². The number of carbonyl (C=O) groups excluding carboxylic acids is 1. The molecule has 0 radical (unpaired) electrons. The Kier molecular flexibility index (Phi) is 7.08. The van der Waals surface area contributed by atoms with Crippen LogP contribution in [0.4, 0.5) is 13.2 Å². The molecule has 0 fully saturated rings. The van der Waals surface area contributed by atoms with Gasteiger partial charge in [-0.15, -0.1) is 0 Å². The third-order valence-corrected chi connectivity index (χ3v) is 5.53. The summed E-state index contributed by atoms with van der Waals surface area (Å²) in [6.07, 6.45) is -5.42. The monoisotopic (exact) mass is 472 g/mol. The molecule has 0 spiro atoms. The van der Waals surface area contributed by atoms with Crippen LogP contribution in [-0.4, -0.2) is 30.9 Å². The molecular weight excluding hydrogens is 445 g/mol. The fourth-order valence-electron chi connectivity index (χ4n) is 3.76. The molecule has 1 unspecified atom stereocenters. The quantitative estimate of drug-likeness (QED) is 0.568. The molecule has 1 N–H and O–H groups in total. The van der Waals surface area contributed by atoms with Crippen molar-refractivity contribution in [3.8, 4) is 11.8 Å². The second-order valence-corrected chi connectivity index (χ2v) is 9.20. The second kappa shape index (κ2) is 9.51. The van der Waals surface area contributed by atoms with Crippen molar-refractivity contribution in [2.45, 2.75) is 51.4 Å². The Morgan fingerprint density at radius 1 is 1.03 bits per heavy atom. The van der Waals surface area contributed by atoms with Gasteiger partial charge in [0.15, 0.2) is 5.54 Å². The molecule has 1 amide bonds. The molecule has 2 aromatic carbocycles. The van der Waals surface area contributed by atoms with Crippen LogP contribution < -0.4 is 10.1 Å². The lowest BCUT2D eigenvalue weighted by Crippen LogP contribution is -2.58. The number of aryl methyl sites for hydroxylation is 1. The minimum atomic E-state index is -4.82. The fraction of sp³-hybridized carbons (Fsp3) is 0.385. The molecule has 34 heavy (non-hydrogen) atoms. The molecule has 5 nitrogen and oxygen atoms in total. The van der Waals surface area contributed by atoms with E-state index in [4.69, 9.17) is 9.47 Å². The Bertz CT molecular complexity index is 1110. The van der Waals surface area contributed by atoms with Crippen molar-refractivity contribution in [2.75, 3.05) is 13.2 Å². The molecule has 3 rings (SSSR count). The van der Waals surface area contributed by atoms with Gasteiger partial charge in [0.25, 0.3) is 5.91 Å². The molecule has 0 aliphatic carbocycles. The van der Waals surface area contributed by atoms with Crippen molar-refractivity contribution in [3.05, 3.63) is 70.8 Å². The van der Waals surface area contributed by atoms with E-state index in [1.165, 1.54) is 24.3 Å². The molecule has 1 heterocycles. The number of amides is 1. The van der Waals surface area contributed by atoms with Gasteiger partial charge in [0, 0.05) is 6.42 Å². The molecule has 1 atom stereocenters. The van der Waals surface area contributed by atoms with Crippen molar-refractivity contribution in [1.82, 2.24) is 5.32 Å². The normalized spacial score (nSPS) is 18.9. The molecule has 180 valence electrons. The van der Waals surface area contributed by atoms with E-state index in [-0.39, 0.29) is 28.9 Å². The van der Waals surface area contributed by atoms with Crippen LogP contribution in [0.15, 0.2) is 54.1 Å². The molecule has 8 heteroatoms.